The average Bonchev–Trinajstić information content (AvgIpc) is 2.17. The maximum Gasteiger partial charge on any atom is 0.0195 e. The van der Waals surface area contributed by atoms with Gasteiger partial charge in [0.25, 0.3) is 0 Å². The summed E-state index contributed by atoms with van der Waals surface area (Å²) in [5.41, 5.74) is 0. The second-order valence-corrected chi connectivity index (χ2v) is 5.81. The van der Waals surface area contributed by atoms with Crippen molar-refractivity contribution in [2.24, 2.45) is 5.92 Å². The first-order valence-corrected chi connectivity index (χ1v) is 7.24. The highest BCUT2D eigenvalue weighted by Crippen LogP contribution is 2.13. The lowest BCUT2D eigenvalue weighted by molar-refractivity contribution is 0.0950. The van der Waals surface area contributed by atoms with Gasteiger partial charge in [0.05, 0.1) is 0 Å². The lowest BCUT2D eigenvalue weighted by Crippen LogP contribution is -2.50. The van der Waals surface area contributed by atoms with Gasteiger partial charge in [-0.2, -0.15) is 0 Å². The fourth-order valence-corrected chi connectivity index (χ4v) is 3.01. The minimum atomic E-state index is 0.736. The molecule has 2 unspecified atom stereocenters. The van der Waals surface area contributed by atoms with Crippen LogP contribution in [0.2, 0.25) is 0 Å². The molecule has 2 atom stereocenters. The SMILES string of the molecule is CC(CCBr)CCN1CCN(C)CC1C. The highest BCUT2D eigenvalue weighted by atomic mass is 79.9. The maximum atomic E-state index is 3.52. The molecule has 15 heavy (non-hydrogen) atoms. The Labute approximate surface area is 103 Å². The van der Waals surface area contributed by atoms with Crippen molar-refractivity contribution < 1.29 is 0 Å². The molecule has 0 saturated carbocycles. The molecule has 1 saturated heterocycles. The predicted octanol–water partition coefficient (Wildman–Crippen LogP) is 2.43. The molecular weight excluding hydrogens is 252 g/mol. The molecule has 1 aliphatic heterocycles. The molecule has 0 amide bonds. The standard InChI is InChI=1S/C12H25BrN2/c1-11(4-6-13)5-7-15-9-8-14(3)10-12(15)2/h11-12H,4-10H2,1-3H3. The molecule has 3 heteroatoms. The summed E-state index contributed by atoms with van der Waals surface area (Å²) in [5.74, 6) is 0.858. The van der Waals surface area contributed by atoms with Crippen LogP contribution in [0, 0.1) is 5.92 Å². The second-order valence-electron chi connectivity index (χ2n) is 5.02. The van der Waals surface area contributed by atoms with Crippen LogP contribution < -0.4 is 0 Å². The van der Waals surface area contributed by atoms with Crippen LogP contribution in [0.3, 0.4) is 0 Å². The van der Waals surface area contributed by atoms with E-state index in [0.717, 1.165) is 17.3 Å². The second kappa shape index (κ2) is 6.87. The molecule has 0 N–H and O–H groups in total. The molecule has 0 aromatic carbocycles. The van der Waals surface area contributed by atoms with Crippen molar-refractivity contribution in [3.05, 3.63) is 0 Å². The molecule has 90 valence electrons. The van der Waals surface area contributed by atoms with Gasteiger partial charge in [-0.1, -0.05) is 22.9 Å². The largest absolute Gasteiger partial charge is 0.304 e. The van der Waals surface area contributed by atoms with Gasteiger partial charge in [0, 0.05) is 31.0 Å². The number of likely N-dealkylation sites (N-methyl/N-ethyl adjacent to an activating group) is 1. The number of alkyl halides is 1. The first kappa shape index (κ1) is 13.5. The molecular formula is C12H25BrN2. The van der Waals surface area contributed by atoms with E-state index in [-0.39, 0.29) is 0 Å². The quantitative estimate of drug-likeness (QED) is 0.712. The third-order valence-electron chi connectivity index (χ3n) is 3.48. The van der Waals surface area contributed by atoms with Crippen molar-refractivity contribution in [1.82, 2.24) is 9.80 Å². The summed E-state index contributed by atoms with van der Waals surface area (Å²) in [4.78, 5) is 5.08. The van der Waals surface area contributed by atoms with E-state index in [9.17, 15) is 0 Å². The van der Waals surface area contributed by atoms with Crippen LogP contribution in [-0.4, -0.2) is 54.4 Å². The maximum absolute atomic E-state index is 3.52. The van der Waals surface area contributed by atoms with Crippen molar-refractivity contribution in [3.63, 3.8) is 0 Å². The zero-order valence-electron chi connectivity index (χ0n) is 10.4. The average molecular weight is 277 g/mol. The minimum absolute atomic E-state index is 0.736. The summed E-state index contributed by atoms with van der Waals surface area (Å²) < 4.78 is 0. The molecule has 0 aromatic heterocycles. The van der Waals surface area contributed by atoms with Gasteiger partial charge >= 0.3 is 0 Å². The van der Waals surface area contributed by atoms with Crippen molar-refractivity contribution >= 4 is 15.9 Å². The molecule has 1 aliphatic rings. The van der Waals surface area contributed by atoms with E-state index in [1.54, 1.807) is 0 Å². The van der Waals surface area contributed by atoms with E-state index in [4.69, 9.17) is 0 Å². The van der Waals surface area contributed by atoms with Crippen molar-refractivity contribution in [2.45, 2.75) is 32.7 Å². The van der Waals surface area contributed by atoms with Crippen LogP contribution in [0.5, 0.6) is 0 Å². The zero-order chi connectivity index (χ0) is 11.3. The third kappa shape index (κ3) is 4.83. The molecule has 1 rings (SSSR count). The number of halogens is 1. The summed E-state index contributed by atoms with van der Waals surface area (Å²) >= 11 is 3.52. The van der Waals surface area contributed by atoms with Gasteiger partial charge < -0.3 is 4.90 Å². The molecule has 0 bridgehead atoms. The summed E-state index contributed by atoms with van der Waals surface area (Å²) in [6.07, 6.45) is 2.65. The van der Waals surface area contributed by atoms with Crippen molar-refractivity contribution in [2.75, 3.05) is 38.6 Å². The van der Waals surface area contributed by atoms with Crippen molar-refractivity contribution in [3.8, 4) is 0 Å². The Balaban J connectivity index is 2.20. The predicted molar refractivity (Wildman–Crippen MR) is 70.7 cm³/mol. The fourth-order valence-electron chi connectivity index (χ4n) is 2.23. The third-order valence-corrected chi connectivity index (χ3v) is 3.94. The summed E-state index contributed by atoms with van der Waals surface area (Å²) in [6.45, 7) is 9.71. The Bertz CT molecular complexity index is 175. The summed E-state index contributed by atoms with van der Waals surface area (Å²) in [7, 11) is 2.22. The normalized spacial score (nSPS) is 26.8. The van der Waals surface area contributed by atoms with Crippen LogP contribution in [0.15, 0.2) is 0 Å². The summed E-state index contributed by atoms with van der Waals surface area (Å²) in [5, 5.41) is 1.15. The van der Waals surface area contributed by atoms with E-state index in [1.165, 1.54) is 39.0 Å². The highest BCUT2D eigenvalue weighted by molar-refractivity contribution is 9.09. The Kier molecular flexibility index (Phi) is 6.17. The van der Waals surface area contributed by atoms with Gasteiger partial charge in [-0.05, 0) is 39.3 Å². The number of nitrogens with zero attached hydrogens (tertiary/aromatic N) is 2. The number of piperazine rings is 1. The molecule has 0 aliphatic carbocycles. The van der Waals surface area contributed by atoms with E-state index in [1.807, 2.05) is 0 Å². The Morgan fingerprint density at radius 2 is 2.07 bits per heavy atom. The topological polar surface area (TPSA) is 6.48 Å². The Hall–Kier alpha value is 0.400. The van der Waals surface area contributed by atoms with E-state index >= 15 is 0 Å². The van der Waals surface area contributed by atoms with Gasteiger partial charge in [-0.3, -0.25) is 4.90 Å². The number of rotatable bonds is 5. The van der Waals surface area contributed by atoms with Gasteiger partial charge in [0.2, 0.25) is 0 Å². The van der Waals surface area contributed by atoms with Crippen LogP contribution in [-0.2, 0) is 0 Å². The van der Waals surface area contributed by atoms with E-state index < -0.39 is 0 Å². The van der Waals surface area contributed by atoms with Crippen LogP contribution in [0.1, 0.15) is 26.7 Å². The summed E-state index contributed by atoms with van der Waals surface area (Å²) in [6, 6.07) is 0.736. The first-order valence-electron chi connectivity index (χ1n) is 6.12. The molecule has 1 heterocycles. The number of hydrogen-bond acceptors (Lipinski definition) is 2. The zero-order valence-corrected chi connectivity index (χ0v) is 12.0. The molecule has 2 nitrogen and oxygen atoms in total. The highest BCUT2D eigenvalue weighted by Gasteiger charge is 2.21. The molecule has 1 fully saturated rings. The smallest absolute Gasteiger partial charge is 0.0195 e. The van der Waals surface area contributed by atoms with E-state index in [2.05, 4.69) is 46.6 Å². The minimum Gasteiger partial charge on any atom is -0.304 e. The van der Waals surface area contributed by atoms with Crippen molar-refractivity contribution in [1.29, 1.82) is 0 Å². The molecule has 0 radical (unpaired) electrons. The Morgan fingerprint density at radius 3 is 2.67 bits per heavy atom. The molecule has 0 spiro atoms. The first-order chi connectivity index (χ1) is 7.13. The molecule has 0 aromatic rings. The number of hydrogen-bond donors (Lipinski definition) is 0. The monoisotopic (exact) mass is 276 g/mol. The fraction of sp³-hybridized carbons (Fsp3) is 1.00. The van der Waals surface area contributed by atoms with Gasteiger partial charge in [0.15, 0.2) is 0 Å². The van der Waals surface area contributed by atoms with Crippen LogP contribution in [0.4, 0.5) is 0 Å². The Morgan fingerprint density at radius 1 is 1.33 bits per heavy atom. The van der Waals surface area contributed by atoms with Gasteiger partial charge in [-0.25, -0.2) is 0 Å². The van der Waals surface area contributed by atoms with E-state index in [0.29, 0.717) is 0 Å². The van der Waals surface area contributed by atoms with Crippen LogP contribution in [0.25, 0.3) is 0 Å². The van der Waals surface area contributed by atoms with Gasteiger partial charge in [0.1, 0.15) is 0 Å². The van der Waals surface area contributed by atoms with Gasteiger partial charge in [-0.15, -0.1) is 0 Å². The lowest BCUT2D eigenvalue weighted by atomic mass is 10.0. The lowest BCUT2D eigenvalue weighted by Gasteiger charge is -2.38. The van der Waals surface area contributed by atoms with Crippen LogP contribution >= 0.6 is 15.9 Å².